The minimum absolute atomic E-state index is 0.131. The summed E-state index contributed by atoms with van der Waals surface area (Å²) in [5, 5.41) is 4.69. The van der Waals surface area contributed by atoms with Gasteiger partial charge in [0.1, 0.15) is 29.1 Å². The monoisotopic (exact) mass is 739 g/mol. The second-order valence-electron chi connectivity index (χ2n) is 15.5. The summed E-state index contributed by atoms with van der Waals surface area (Å²) in [5.74, 6) is -1.14. The Hall–Kier alpha value is -3.78. The van der Waals surface area contributed by atoms with Crippen molar-refractivity contribution in [1.82, 2.24) is 19.9 Å². The molecule has 4 heterocycles. The number of alkyl halides is 1. The highest BCUT2D eigenvalue weighted by Crippen LogP contribution is 2.48. The molecular weight excluding hydrogens is 690 g/mol. The number of rotatable bonds is 8. The zero-order valence-corrected chi connectivity index (χ0v) is 30.8. The Kier molecular flexibility index (Phi) is 10.2. The maximum Gasteiger partial charge on any atom is 0.259 e. The number of ether oxygens (including phenoxy) is 2. The van der Waals surface area contributed by atoms with Crippen molar-refractivity contribution >= 4 is 44.2 Å². The first kappa shape index (κ1) is 36.6. The molecule has 2 aromatic rings. The highest BCUT2D eigenvalue weighted by atomic mass is 32.2. The summed E-state index contributed by atoms with van der Waals surface area (Å²) < 4.78 is 52.6. The van der Waals surface area contributed by atoms with Crippen LogP contribution in [0.2, 0.25) is 0 Å². The molecule has 12 nitrogen and oxygen atoms in total. The summed E-state index contributed by atoms with van der Waals surface area (Å²) >= 11 is 0. The predicted molar refractivity (Wildman–Crippen MR) is 194 cm³/mol. The van der Waals surface area contributed by atoms with Gasteiger partial charge < -0.3 is 24.6 Å². The van der Waals surface area contributed by atoms with E-state index in [1.165, 1.54) is 0 Å². The van der Waals surface area contributed by atoms with Gasteiger partial charge in [-0.15, -0.1) is 0 Å². The Morgan fingerprint density at radius 3 is 2.62 bits per heavy atom. The van der Waals surface area contributed by atoms with E-state index in [0.717, 1.165) is 55.2 Å². The van der Waals surface area contributed by atoms with Crippen LogP contribution < -0.4 is 19.7 Å². The van der Waals surface area contributed by atoms with E-state index in [0.29, 0.717) is 25.0 Å². The number of carbonyl (C=O) groups is 3. The fourth-order valence-electron chi connectivity index (χ4n) is 8.17. The zero-order valence-electron chi connectivity index (χ0n) is 30.0. The van der Waals surface area contributed by atoms with Gasteiger partial charge in [0, 0.05) is 42.6 Å². The first-order valence-electron chi connectivity index (χ1n) is 18.8. The second kappa shape index (κ2) is 14.6. The minimum atomic E-state index is -4.31. The average molecular weight is 740 g/mol. The number of hydrogen-bond donors (Lipinski definition) is 2. The molecule has 6 atom stereocenters. The number of halogens is 1. The van der Waals surface area contributed by atoms with Gasteiger partial charge in [0.2, 0.25) is 27.7 Å². The molecule has 0 unspecified atom stereocenters. The van der Waals surface area contributed by atoms with Crippen LogP contribution in [-0.2, 0) is 29.1 Å². The number of amides is 3. The molecule has 1 aromatic carbocycles. The summed E-state index contributed by atoms with van der Waals surface area (Å²) in [5.41, 5.74) is -0.552. The van der Waals surface area contributed by atoms with Gasteiger partial charge in [-0.2, -0.15) is 0 Å². The van der Waals surface area contributed by atoms with Crippen LogP contribution in [0.4, 0.5) is 10.1 Å². The lowest BCUT2D eigenvalue weighted by atomic mass is 9.88. The van der Waals surface area contributed by atoms with Crippen LogP contribution in [0.3, 0.4) is 0 Å². The Morgan fingerprint density at radius 1 is 1.15 bits per heavy atom. The van der Waals surface area contributed by atoms with Gasteiger partial charge in [0.05, 0.1) is 31.6 Å². The molecule has 52 heavy (non-hydrogen) atoms. The number of fused-ring (bicyclic) bond motifs is 3. The molecular formula is C38H50FN5O7S. The predicted octanol–water partition coefficient (Wildman–Crippen LogP) is 4.04. The number of benzene rings is 1. The molecule has 5 aliphatic rings. The Morgan fingerprint density at radius 2 is 1.90 bits per heavy atom. The van der Waals surface area contributed by atoms with Gasteiger partial charge in [-0.3, -0.25) is 19.1 Å². The number of nitrogens with zero attached hydrogens (tertiary/aromatic N) is 3. The summed E-state index contributed by atoms with van der Waals surface area (Å²) in [6.07, 6.45) is 9.32. The van der Waals surface area contributed by atoms with Crippen LogP contribution in [0.5, 0.6) is 5.88 Å². The molecule has 2 saturated heterocycles. The molecule has 3 amide bonds. The number of morpholine rings is 1. The molecule has 7 rings (SSSR count). The Balaban J connectivity index is 1.17. The van der Waals surface area contributed by atoms with E-state index in [1.54, 1.807) is 11.1 Å². The quantitative estimate of drug-likeness (QED) is 0.383. The van der Waals surface area contributed by atoms with Crippen molar-refractivity contribution in [2.45, 2.75) is 94.1 Å². The smallest absolute Gasteiger partial charge is 0.259 e. The summed E-state index contributed by atoms with van der Waals surface area (Å²) in [7, 11) is -4.31. The largest absolute Gasteiger partial charge is 0.472 e. The standard InChI is InChI=1S/C38H50FN5O7S/c1-3-26-18-25(2)8-4-5-9-27-21-38(27,36(47)42-52(48,49)37(24-39)12-13-37)41-34(46)31-20-28(23-44(31)33(45)19-26)51-35-30-11-7-6-10-29(30)32(22-40-35)43-14-16-50-17-15-43/h5-7,9-11,22,25-28,31H,3-4,8,12-21,23-24H2,1-2H3,(H,41,46)(H,42,47)/b9-5-/t25-,26-,27-,28-,31+,38-/m1/s1. The highest BCUT2D eigenvalue weighted by Gasteiger charge is 2.64. The van der Waals surface area contributed by atoms with E-state index in [9.17, 15) is 27.2 Å². The second-order valence-corrected chi connectivity index (χ2v) is 17.6. The number of carbonyl (C=O) groups excluding carboxylic acids is 3. The minimum Gasteiger partial charge on any atom is -0.472 e. The third-order valence-electron chi connectivity index (χ3n) is 11.8. The van der Waals surface area contributed by atoms with Gasteiger partial charge >= 0.3 is 0 Å². The number of pyridine rings is 1. The number of anilines is 1. The number of hydrogen-bond acceptors (Lipinski definition) is 9. The first-order chi connectivity index (χ1) is 25.0. The molecule has 4 fully saturated rings. The SMILES string of the molecule is CC[C@H]1CC(=O)N2C[C@H](Oc3ncc(N4CCOCC4)c4ccccc34)C[C@H]2C(=O)N[C@]2(C(=O)NS(=O)(=O)C3(CF)CC3)C[C@H]2/C=C\CC[C@@H](C)C1. The normalized spacial score (nSPS) is 31.4. The molecule has 3 aliphatic heterocycles. The third kappa shape index (κ3) is 7.12. The molecule has 0 radical (unpaired) electrons. The van der Waals surface area contributed by atoms with E-state index in [1.807, 2.05) is 36.4 Å². The number of aromatic nitrogens is 1. The van der Waals surface area contributed by atoms with E-state index < -0.39 is 56.9 Å². The summed E-state index contributed by atoms with van der Waals surface area (Å²) in [4.78, 5) is 50.7. The van der Waals surface area contributed by atoms with Crippen molar-refractivity contribution in [3.05, 3.63) is 42.6 Å². The maximum absolute atomic E-state index is 14.3. The van der Waals surface area contributed by atoms with E-state index in [2.05, 4.69) is 28.8 Å². The van der Waals surface area contributed by atoms with Crippen molar-refractivity contribution in [2.75, 3.05) is 44.4 Å². The van der Waals surface area contributed by atoms with Crippen LogP contribution in [0.25, 0.3) is 10.8 Å². The van der Waals surface area contributed by atoms with Crippen LogP contribution in [0, 0.1) is 17.8 Å². The van der Waals surface area contributed by atoms with Gasteiger partial charge in [0.15, 0.2) is 0 Å². The van der Waals surface area contributed by atoms with Crippen LogP contribution >= 0.6 is 0 Å². The maximum atomic E-state index is 14.3. The number of nitrogens with one attached hydrogen (secondary N) is 2. The zero-order chi connectivity index (χ0) is 36.7. The molecule has 0 bridgehead atoms. The highest BCUT2D eigenvalue weighted by molar-refractivity contribution is 7.91. The first-order valence-corrected chi connectivity index (χ1v) is 20.3. The average Bonchev–Trinajstić information content (AvgIpc) is 4.05. The van der Waals surface area contributed by atoms with Crippen molar-refractivity contribution < 1.29 is 36.7 Å². The summed E-state index contributed by atoms with van der Waals surface area (Å²) in [6, 6.07) is 6.91. The van der Waals surface area contributed by atoms with Crippen LogP contribution in [-0.4, -0.2) is 98.0 Å². The molecule has 2 saturated carbocycles. The lowest BCUT2D eigenvalue weighted by Gasteiger charge is -2.30. The third-order valence-corrected chi connectivity index (χ3v) is 14.0. The Bertz CT molecular complexity index is 1830. The summed E-state index contributed by atoms with van der Waals surface area (Å²) in [6.45, 7) is 6.08. The van der Waals surface area contributed by atoms with E-state index >= 15 is 0 Å². The van der Waals surface area contributed by atoms with E-state index in [4.69, 9.17) is 14.5 Å². The molecule has 2 aliphatic carbocycles. The molecule has 14 heteroatoms. The fraction of sp³-hybridized carbons (Fsp3) is 0.632. The molecule has 1 aromatic heterocycles. The topological polar surface area (TPSA) is 147 Å². The number of sulfonamides is 1. The van der Waals surface area contributed by atoms with Gasteiger partial charge in [-0.25, -0.2) is 17.8 Å². The molecule has 2 N–H and O–H groups in total. The Labute approximate surface area is 304 Å². The fourth-order valence-corrected chi connectivity index (χ4v) is 9.60. The lowest BCUT2D eigenvalue weighted by molar-refractivity contribution is -0.140. The molecule has 282 valence electrons. The number of allylic oxidation sites excluding steroid dienone is 1. The van der Waals surface area contributed by atoms with E-state index in [-0.39, 0.29) is 50.5 Å². The van der Waals surface area contributed by atoms with Crippen molar-refractivity contribution in [3.63, 3.8) is 0 Å². The molecule has 0 spiro atoms. The van der Waals surface area contributed by atoms with Crippen LogP contribution in [0.1, 0.15) is 71.6 Å². The van der Waals surface area contributed by atoms with Crippen molar-refractivity contribution in [2.24, 2.45) is 17.8 Å². The van der Waals surface area contributed by atoms with Crippen LogP contribution in [0.15, 0.2) is 42.6 Å². The van der Waals surface area contributed by atoms with Gasteiger partial charge in [-0.1, -0.05) is 50.6 Å². The van der Waals surface area contributed by atoms with Crippen molar-refractivity contribution in [1.29, 1.82) is 0 Å². The van der Waals surface area contributed by atoms with Crippen molar-refractivity contribution in [3.8, 4) is 5.88 Å². The lowest BCUT2D eigenvalue weighted by Crippen LogP contribution is -2.57. The van der Waals surface area contributed by atoms with Gasteiger partial charge in [-0.05, 0) is 56.4 Å². The van der Waals surface area contributed by atoms with Gasteiger partial charge in [0.25, 0.3) is 5.91 Å².